The van der Waals surface area contributed by atoms with Gasteiger partial charge in [-0.3, -0.25) is 0 Å². The zero-order valence-corrected chi connectivity index (χ0v) is 5.16. The maximum Gasteiger partial charge on any atom is 0.0761 e. The minimum Gasteiger partial charge on any atom is -0.393 e. The van der Waals surface area contributed by atoms with Crippen molar-refractivity contribution in [3.8, 4) is 0 Å². The van der Waals surface area contributed by atoms with E-state index in [4.69, 9.17) is 18.0 Å². The second kappa shape index (κ2) is 1.44. The molecule has 0 aliphatic heterocycles. The van der Waals surface area contributed by atoms with E-state index in [0.717, 1.165) is 5.92 Å². The summed E-state index contributed by atoms with van der Waals surface area (Å²) in [7, 11) is 0. The van der Waals surface area contributed by atoms with Gasteiger partial charge in [0.2, 0.25) is 0 Å². The molecule has 1 aliphatic carbocycles. The lowest BCUT2D eigenvalue weighted by Gasteiger charge is -1.85. The number of hydrogen-bond donors (Lipinski definition) is 1. The van der Waals surface area contributed by atoms with Gasteiger partial charge < -0.3 is 5.73 Å². The van der Waals surface area contributed by atoms with Crippen molar-refractivity contribution in [2.45, 2.75) is 13.3 Å². The average molecular weight is 115 g/mol. The van der Waals surface area contributed by atoms with Crippen LogP contribution in [0, 0.1) is 11.8 Å². The van der Waals surface area contributed by atoms with Crippen molar-refractivity contribution in [1.29, 1.82) is 0 Å². The maximum atomic E-state index is 5.32. The van der Waals surface area contributed by atoms with Gasteiger partial charge in [0.25, 0.3) is 0 Å². The summed E-state index contributed by atoms with van der Waals surface area (Å²) in [6.45, 7) is 2.17. The molecule has 2 unspecified atom stereocenters. The van der Waals surface area contributed by atoms with Crippen LogP contribution in [0.4, 0.5) is 0 Å². The molecule has 40 valence electrons. The van der Waals surface area contributed by atoms with E-state index in [0.29, 0.717) is 10.9 Å². The van der Waals surface area contributed by atoms with Gasteiger partial charge in [-0.1, -0.05) is 19.1 Å². The summed E-state index contributed by atoms with van der Waals surface area (Å²) >= 11 is 4.74. The Morgan fingerprint density at radius 1 is 1.86 bits per heavy atom. The van der Waals surface area contributed by atoms with Crippen LogP contribution in [-0.4, -0.2) is 4.99 Å². The summed E-state index contributed by atoms with van der Waals surface area (Å²) in [5, 5.41) is 0. The molecule has 0 bridgehead atoms. The normalized spacial score (nSPS) is 37.9. The molecule has 2 atom stereocenters. The van der Waals surface area contributed by atoms with Crippen LogP contribution in [0.1, 0.15) is 13.3 Å². The quantitative estimate of drug-likeness (QED) is 0.514. The molecule has 0 spiro atoms. The lowest BCUT2D eigenvalue weighted by molar-refractivity contribution is 0.928. The average Bonchev–Trinajstić information content (AvgIpc) is 2.17. The SMILES string of the molecule is CC1CC1C(N)=S. The molecule has 7 heavy (non-hydrogen) atoms. The largest absolute Gasteiger partial charge is 0.393 e. The highest BCUT2D eigenvalue weighted by Gasteiger charge is 2.34. The number of hydrogen-bond acceptors (Lipinski definition) is 1. The van der Waals surface area contributed by atoms with Crippen molar-refractivity contribution in [1.82, 2.24) is 0 Å². The number of rotatable bonds is 1. The van der Waals surface area contributed by atoms with E-state index in [9.17, 15) is 0 Å². The first-order valence-corrected chi connectivity index (χ1v) is 2.92. The molecular weight excluding hydrogens is 106 g/mol. The van der Waals surface area contributed by atoms with E-state index in [2.05, 4.69) is 6.92 Å². The van der Waals surface area contributed by atoms with Crippen LogP contribution >= 0.6 is 12.2 Å². The Kier molecular flexibility index (Phi) is 1.04. The van der Waals surface area contributed by atoms with Crippen molar-refractivity contribution >= 4 is 17.2 Å². The summed E-state index contributed by atoms with van der Waals surface area (Å²) in [4.78, 5) is 0.701. The smallest absolute Gasteiger partial charge is 0.0761 e. The molecule has 1 nitrogen and oxygen atoms in total. The van der Waals surface area contributed by atoms with Gasteiger partial charge in [0.05, 0.1) is 4.99 Å². The Morgan fingerprint density at radius 2 is 2.29 bits per heavy atom. The third kappa shape index (κ3) is 0.911. The van der Waals surface area contributed by atoms with Crippen LogP contribution in [0.25, 0.3) is 0 Å². The Bertz CT molecular complexity index is 100. The lowest BCUT2D eigenvalue weighted by Crippen LogP contribution is -2.10. The van der Waals surface area contributed by atoms with Crippen molar-refractivity contribution in [2.24, 2.45) is 17.6 Å². The van der Waals surface area contributed by atoms with E-state index in [1.165, 1.54) is 6.42 Å². The first-order chi connectivity index (χ1) is 3.22. The molecule has 0 heterocycles. The fourth-order valence-corrected chi connectivity index (χ4v) is 1.05. The lowest BCUT2D eigenvalue weighted by atomic mass is 10.3. The summed E-state index contributed by atoms with van der Waals surface area (Å²) in [6, 6.07) is 0. The number of thiocarbonyl (C=S) groups is 1. The topological polar surface area (TPSA) is 26.0 Å². The van der Waals surface area contributed by atoms with Crippen LogP contribution in [-0.2, 0) is 0 Å². The van der Waals surface area contributed by atoms with Gasteiger partial charge in [-0.25, -0.2) is 0 Å². The fraction of sp³-hybridized carbons (Fsp3) is 0.800. The zero-order valence-electron chi connectivity index (χ0n) is 4.35. The summed E-state index contributed by atoms with van der Waals surface area (Å²) in [5.74, 6) is 1.35. The highest BCUT2D eigenvalue weighted by molar-refractivity contribution is 7.80. The summed E-state index contributed by atoms with van der Waals surface area (Å²) < 4.78 is 0. The molecule has 0 amide bonds. The van der Waals surface area contributed by atoms with Gasteiger partial charge in [-0.05, 0) is 12.3 Å². The zero-order chi connectivity index (χ0) is 5.44. The van der Waals surface area contributed by atoms with Crippen molar-refractivity contribution in [2.75, 3.05) is 0 Å². The van der Waals surface area contributed by atoms with E-state index < -0.39 is 0 Å². The molecule has 0 radical (unpaired) electrons. The van der Waals surface area contributed by atoms with Gasteiger partial charge in [-0.2, -0.15) is 0 Å². The van der Waals surface area contributed by atoms with Gasteiger partial charge >= 0.3 is 0 Å². The standard InChI is InChI=1S/C5H9NS/c1-3-2-4(3)5(6)7/h3-4H,2H2,1H3,(H2,6,7). The fourth-order valence-electron chi connectivity index (χ4n) is 0.719. The minimum atomic E-state index is 0.579. The molecule has 1 aliphatic rings. The van der Waals surface area contributed by atoms with Crippen LogP contribution in [0.15, 0.2) is 0 Å². The monoisotopic (exact) mass is 115 g/mol. The third-order valence-corrected chi connectivity index (χ3v) is 1.78. The van der Waals surface area contributed by atoms with Crippen LogP contribution in [0.5, 0.6) is 0 Å². The van der Waals surface area contributed by atoms with Crippen LogP contribution in [0.2, 0.25) is 0 Å². The van der Waals surface area contributed by atoms with Crippen LogP contribution in [0.3, 0.4) is 0 Å². The van der Waals surface area contributed by atoms with Crippen molar-refractivity contribution in [3.05, 3.63) is 0 Å². The summed E-state index contributed by atoms with van der Waals surface area (Å²) in [6.07, 6.45) is 1.22. The molecule has 0 saturated heterocycles. The molecule has 2 N–H and O–H groups in total. The first-order valence-electron chi connectivity index (χ1n) is 2.51. The van der Waals surface area contributed by atoms with Gasteiger partial charge in [0.1, 0.15) is 0 Å². The van der Waals surface area contributed by atoms with Crippen LogP contribution < -0.4 is 5.73 Å². The molecule has 0 aromatic carbocycles. The van der Waals surface area contributed by atoms with Gasteiger partial charge in [0, 0.05) is 5.92 Å². The Labute approximate surface area is 48.9 Å². The molecule has 2 heteroatoms. The second-order valence-corrected chi connectivity index (χ2v) is 2.69. The third-order valence-electron chi connectivity index (χ3n) is 1.47. The van der Waals surface area contributed by atoms with E-state index in [1.54, 1.807) is 0 Å². The second-order valence-electron chi connectivity index (χ2n) is 2.22. The van der Waals surface area contributed by atoms with Gasteiger partial charge in [-0.15, -0.1) is 0 Å². The summed E-state index contributed by atoms with van der Waals surface area (Å²) in [5.41, 5.74) is 5.32. The number of nitrogens with two attached hydrogens (primary N) is 1. The molecule has 0 aromatic heterocycles. The first kappa shape index (κ1) is 5.04. The molecule has 1 rings (SSSR count). The predicted octanol–water partition coefficient (Wildman–Crippen LogP) is 0.929. The molecule has 0 aromatic rings. The van der Waals surface area contributed by atoms with Gasteiger partial charge in [0.15, 0.2) is 0 Å². The Morgan fingerprint density at radius 3 is 2.29 bits per heavy atom. The van der Waals surface area contributed by atoms with E-state index >= 15 is 0 Å². The molecular formula is C5H9NS. The maximum absolute atomic E-state index is 5.32. The minimum absolute atomic E-state index is 0.579. The van der Waals surface area contributed by atoms with Crippen molar-refractivity contribution in [3.63, 3.8) is 0 Å². The highest BCUT2D eigenvalue weighted by atomic mass is 32.1. The van der Waals surface area contributed by atoms with Crippen molar-refractivity contribution < 1.29 is 0 Å². The highest BCUT2D eigenvalue weighted by Crippen LogP contribution is 2.37. The Balaban J connectivity index is 2.33. The molecule has 1 saturated carbocycles. The predicted molar refractivity (Wildman–Crippen MR) is 34.1 cm³/mol. The van der Waals surface area contributed by atoms with E-state index in [1.807, 2.05) is 0 Å². The van der Waals surface area contributed by atoms with E-state index in [-0.39, 0.29) is 0 Å². The Hall–Kier alpha value is -0.110. The molecule has 1 fully saturated rings.